The molecule has 0 bridgehead atoms. The quantitative estimate of drug-likeness (QED) is 0.277. The Balaban J connectivity index is 0. The van der Waals surface area contributed by atoms with Gasteiger partial charge in [-0.1, -0.05) is 0 Å². The van der Waals surface area contributed by atoms with E-state index < -0.39 is 0 Å². The van der Waals surface area contributed by atoms with Crippen molar-refractivity contribution in [1.82, 2.24) is 0 Å². The minimum atomic E-state index is 0. The summed E-state index contributed by atoms with van der Waals surface area (Å²) in [7, 11) is 0. The Morgan fingerprint density at radius 1 is 1.00 bits per heavy atom. The second-order valence-electron chi connectivity index (χ2n) is 0. The summed E-state index contributed by atoms with van der Waals surface area (Å²) in [6.45, 7) is 0. The standard InChI is InChI=1S/Ca.2FH.K.H/h;2*1H;;/q+2;;;+1;-1/p-2. The van der Waals surface area contributed by atoms with Gasteiger partial charge in [0.1, 0.15) is 0 Å². The van der Waals surface area contributed by atoms with Gasteiger partial charge >= 0.3 is 89.1 Å². The fourth-order valence-electron chi connectivity index (χ4n) is 0. The Labute approximate surface area is 97.3 Å². The van der Waals surface area contributed by atoms with Crippen LogP contribution in [0.2, 0.25) is 0 Å². The molecule has 0 radical (unpaired) electrons. The second kappa shape index (κ2) is 17.1. The fourth-order valence-corrected chi connectivity index (χ4v) is 0. The molecule has 0 aliphatic rings. The van der Waals surface area contributed by atoms with Crippen LogP contribution in [0.15, 0.2) is 0 Å². The van der Waals surface area contributed by atoms with Crippen molar-refractivity contribution in [1.29, 1.82) is 0 Å². The van der Waals surface area contributed by atoms with Gasteiger partial charge in [0.25, 0.3) is 0 Å². The van der Waals surface area contributed by atoms with E-state index in [0.717, 1.165) is 0 Å². The van der Waals surface area contributed by atoms with Gasteiger partial charge in [0.05, 0.1) is 0 Å². The summed E-state index contributed by atoms with van der Waals surface area (Å²) in [5.74, 6) is 0. The van der Waals surface area contributed by atoms with Gasteiger partial charge in [-0.2, -0.15) is 0 Å². The van der Waals surface area contributed by atoms with Crippen LogP contribution >= 0.6 is 0 Å². The molecule has 18 valence electrons. The predicted octanol–water partition coefficient (Wildman–Crippen LogP) is -9.26. The molecule has 0 aromatic rings. The van der Waals surface area contributed by atoms with E-state index in [1.165, 1.54) is 0 Å². The van der Waals surface area contributed by atoms with E-state index in [1.807, 2.05) is 0 Å². The largest absolute Gasteiger partial charge is 2.00 e. The Morgan fingerprint density at radius 2 is 1.00 bits per heavy atom. The molecule has 0 nitrogen and oxygen atoms in total. The molecule has 0 aromatic carbocycles. The van der Waals surface area contributed by atoms with Crippen molar-refractivity contribution in [2.75, 3.05) is 0 Å². The molecule has 0 saturated heterocycles. The van der Waals surface area contributed by atoms with Crippen molar-refractivity contribution in [3.05, 3.63) is 0 Å². The second-order valence-corrected chi connectivity index (χ2v) is 0. The SMILES string of the molecule is [Ca+2].[F-].[F-].[H-].[K+]. The molecule has 0 spiro atoms. The molecule has 0 N–H and O–H groups in total. The van der Waals surface area contributed by atoms with Gasteiger partial charge < -0.3 is 10.8 Å². The average Bonchev–Trinajstić information content (AvgIpc) is 0. The Hall–Kier alpha value is 2.76. The first-order valence-electron chi connectivity index (χ1n) is 0. The van der Waals surface area contributed by atoms with E-state index in [4.69, 9.17) is 0 Å². The third kappa shape index (κ3) is 8.83. The number of halogens is 2. The number of hydrogen-bond donors (Lipinski definition) is 0. The Morgan fingerprint density at radius 3 is 1.00 bits per heavy atom. The Kier molecular flexibility index (Phi) is 126. The van der Waals surface area contributed by atoms with Gasteiger partial charge in [-0.3, -0.25) is 0 Å². The van der Waals surface area contributed by atoms with Gasteiger partial charge in [0.2, 0.25) is 0 Å². The summed E-state index contributed by atoms with van der Waals surface area (Å²) in [5.41, 5.74) is 0. The van der Waals surface area contributed by atoms with Crippen molar-refractivity contribution in [2.24, 2.45) is 0 Å². The minimum Gasteiger partial charge on any atom is -1.00 e. The predicted molar refractivity (Wildman–Crippen MR) is 6.87 cm³/mol. The maximum absolute atomic E-state index is 0. The maximum Gasteiger partial charge on any atom is 2.00 e. The topological polar surface area (TPSA) is 0 Å². The summed E-state index contributed by atoms with van der Waals surface area (Å²) in [6, 6.07) is 0. The van der Waals surface area contributed by atoms with Crippen LogP contribution in [-0.2, 0) is 0 Å². The summed E-state index contributed by atoms with van der Waals surface area (Å²) in [5, 5.41) is 0. The molecular weight excluding hydrogens is 117 g/mol. The average molecular weight is 118 g/mol. The number of hydrogen-bond acceptors (Lipinski definition) is 0. The van der Waals surface area contributed by atoms with Crippen LogP contribution in [0.1, 0.15) is 1.43 Å². The first kappa shape index (κ1) is 29.5. The molecule has 0 fully saturated rings. The van der Waals surface area contributed by atoms with E-state index in [-0.39, 0.29) is 100.0 Å². The third-order valence-corrected chi connectivity index (χ3v) is 0. The smallest absolute Gasteiger partial charge is 1.00 e. The molecule has 0 amide bonds. The first-order valence-corrected chi connectivity index (χ1v) is 0. The van der Waals surface area contributed by atoms with E-state index in [9.17, 15) is 0 Å². The van der Waals surface area contributed by atoms with Crippen LogP contribution in [0.4, 0.5) is 0 Å². The van der Waals surface area contributed by atoms with Crippen molar-refractivity contribution >= 4 is 37.7 Å². The van der Waals surface area contributed by atoms with Crippen LogP contribution in [-0.4, -0.2) is 37.7 Å². The van der Waals surface area contributed by atoms with E-state index in [0.29, 0.717) is 0 Å². The van der Waals surface area contributed by atoms with Gasteiger partial charge in [-0.15, -0.1) is 0 Å². The molecule has 0 saturated carbocycles. The van der Waals surface area contributed by atoms with Gasteiger partial charge in [-0.25, -0.2) is 0 Å². The van der Waals surface area contributed by atoms with E-state index in [1.54, 1.807) is 0 Å². The molecule has 0 aliphatic carbocycles. The normalized spacial score (nSPS) is 0. The summed E-state index contributed by atoms with van der Waals surface area (Å²) in [4.78, 5) is 0. The van der Waals surface area contributed by atoms with Crippen molar-refractivity contribution in [3.63, 3.8) is 0 Å². The first-order chi connectivity index (χ1) is 0. The number of rotatable bonds is 0. The third-order valence-electron chi connectivity index (χ3n) is 0. The summed E-state index contributed by atoms with van der Waals surface area (Å²) in [6.07, 6.45) is 0. The molecular formula is HCaF2K. The molecule has 0 atom stereocenters. The van der Waals surface area contributed by atoms with E-state index >= 15 is 0 Å². The van der Waals surface area contributed by atoms with E-state index in [2.05, 4.69) is 0 Å². The summed E-state index contributed by atoms with van der Waals surface area (Å²) < 4.78 is 0. The van der Waals surface area contributed by atoms with Gasteiger partial charge in [0, 0.05) is 0 Å². The molecule has 0 unspecified atom stereocenters. The van der Waals surface area contributed by atoms with Crippen LogP contribution < -0.4 is 60.8 Å². The zero-order valence-electron chi connectivity index (χ0n) is 3.46. The molecule has 0 heterocycles. The van der Waals surface area contributed by atoms with Crippen LogP contribution in [0.5, 0.6) is 0 Å². The monoisotopic (exact) mass is 118 g/mol. The van der Waals surface area contributed by atoms with Crippen LogP contribution in [0.25, 0.3) is 0 Å². The molecule has 0 aliphatic heterocycles. The molecule has 4 heavy (non-hydrogen) atoms. The van der Waals surface area contributed by atoms with Crippen molar-refractivity contribution < 1.29 is 62.2 Å². The van der Waals surface area contributed by atoms with Gasteiger partial charge in [0.15, 0.2) is 0 Å². The zero-order chi connectivity index (χ0) is 0. The van der Waals surface area contributed by atoms with Gasteiger partial charge in [-0.05, 0) is 0 Å². The molecule has 4 heteroatoms. The fraction of sp³-hybridized carbons (Fsp3) is 0. The van der Waals surface area contributed by atoms with Crippen molar-refractivity contribution in [3.8, 4) is 0 Å². The maximum atomic E-state index is 0. The van der Waals surface area contributed by atoms with Crippen molar-refractivity contribution in [2.45, 2.75) is 0 Å². The minimum absolute atomic E-state index is 0. The van der Waals surface area contributed by atoms with Crippen LogP contribution in [0.3, 0.4) is 0 Å². The van der Waals surface area contributed by atoms with Crippen LogP contribution in [0, 0.1) is 0 Å². The zero-order valence-corrected chi connectivity index (χ0v) is 7.79. The summed E-state index contributed by atoms with van der Waals surface area (Å²) >= 11 is 0. The Bertz CT molecular complexity index is 9.61. The molecule has 0 aromatic heterocycles. The molecule has 0 rings (SSSR count).